The van der Waals surface area contributed by atoms with Crippen LogP contribution in [0.2, 0.25) is 5.02 Å². The van der Waals surface area contributed by atoms with Crippen LogP contribution in [-0.4, -0.2) is 37.0 Å². The lowest BCUT2D eigenvalue weighted by Crippen LogP contribution is -2.43. The van der Waals surface area contributed by atoms with E-state index in [0.717, 1.165) is 32.6 Å². The van der Waals surface area contributed by atoms with Crippen molar-refractivity contribution in [1.82, 2.24) is 10.2 Å². The van der Waals surface area contributed by atoms with E-state index in [1.165, 1.54) is 18.2 Å². The molecule has 1 N–H and O–H groups in total. The zero-order chi connectivity index (χ0) is 13.4. The van der Waals surface area contributed by atoms with Gasteiger partial charge < -0.3 is 10.2 Å². The lowest BCUT2D eigenvalue weighted by Gasteiger charge is -2.34. The minimum atomic E-state index is -0.416. The molecule has 20 heavy (non-hydrogen) atoms. The van der Waals surface area contributed by atoms with E-state index in [4.69, 9.17) is 11.6 Å². The molecule has 2 fully saturated rings. The molecule has 2 aliphatic heterocycles. The van der Waals surface area contributed by atoms with Crippen LogP contribution in [-0.2, 0) is 0 Å². The average Bonchev–Trinajstić information content (AvgIpc) is 2.85. The maximum absolute atomic E-state index is 13.0. The van der Waals surface area contributed by atoms with Gasteiger partial charge in [-0.05, 0) is 49.5 Å². The van der Waals surface area contributed by atoms with Crippen LogP contribution >= 0.6 is 24.0 Å². The second-order valence-electron chi connectivity index (χ2n) is 5.34. The first-order valence-electron chi connectivity index (χ1n) is 6.60. The molecule has 0 radical (unpaired) electrons. The van der Waals surface area contributed by atoms with Crippen molar-refractivity contribution in [2.75, 3.05) is 26.2 Å². The van der Waals surface area contributed by atoms with Gasteiger partial charge >= 0.3 is 0 Å². The highest BCUT2D eigenvalue weighted by atomic mass is 35.5. The van der Waals surface area contributed by atoms with Crippen molar-refractivity contribution in [2.45, 2.75) is 6.42 Å². The first kappa shape index (κ1) is 15.5. The maximum Gasteiger partial charge on any atom is 0.255 e. The zero-order valence-corrected chi connectivity index (χ0v) is 12.5. The lowest BCUT2D eigenvalue weighted by atomic mass is 9.88. The van der Waals surface area contributed by atoms with E-state index in [1.54, 1.807) is 0 Å². The number of rotatable bonds is 1. The third-order valence-electron chi connectivity index (χ3n) is 4.15. The molecule has 110 valence electrons. The summed E-state index contributed by atoms with van der Waals surface area (Å²) in [6.45, 7) is 3.56. The van der Waals surface area contributed by atoms with Gasteiger partial charge in [0, 0.05) is 13.1 Å². The first-order chi connectivity index (χ1) is 9.15. The van der Waals surface area contributed by atoms with Gasteiger partial charge in [0.2, 0.25) is 0 Å². The third kappa shape index (κ3) is 2.92. The van der Waals surface area contributed by atoms with E-state index < -0.39 is 5.82 Å². The number of nitrogens with one attached hydrogen (secondary N) is 1. The van der Waals surface area contributed by atoms with Gasteiger partial charge in [0.15, 0.2) is 0 Å². The lowest BCUT2D eigenvalue weighted by molar-refractivity contribution is 0.0642. The molecule has 0 aliphatic carbocycles. The minimum absolute atomic E-state index is 0. The van der Waals surface area contributed by atoms with Gasteiger partial charge in [0.1, 0.15) is 5.82 Å². The summed E-state index contributed by atoms with van der Waals surface area (Å²) in [6, 6.07) is 3.95. The number of nitrogens with zero attached hydrogens (tertiary/aromatic N) is 1. The van der Waals surface area contributed by atoms with Crippen LogP contribution in [0.3, 0.4) is 0 Å². The zero-order valence-electron chi connectivity index (χ0n) is 10.9. The number of amides is 1. The number of hydrogen-bond donors (Lipinski definition) is 1. The van der Waals surface area contributed by atoms with Crippen LogP contribution in [0.25, 0.3) is 0 Å². The van der Waals surface area contributed by atoms with Crippen LogP contribution in [0.4, 0.5) is 4.39 Å². The number of halogens is 3. The van der Waals surface area contributed by atoms with Gasteiger partial charge in [-0.1, -0.05) is 11.6 Å². The number of benzene rings is 1. The van der Waals surface area contributed by atoms with Gasteiger partial charge in [-0.25, -0.2) is 4.39 Å². The molecule has 0 aromatic heterocycles. The van der Waals surface area contributed by atoms with Crippen molar-refractivity contribution in [3.8, 4) is 0 Å². The number of carbonyl (C=O) groups is 1. The molecule has 3 rings (SSSR count). The Bertz CT molecular complexity index is 512. The quantitative estimate of drug-likeness (QED) is 0.863. The molecule has 2 aliphatic rings. The Balaban J connectivity index is 0.00000147. The molecule has 6 heteroatoms. The van der Waals surface area contributed by atoms with Gasteiger partial charge in [-0.2, -0.15) is 0 Å². The summed E-state index contributed by atoms with van der Waals surface area (Å²) < 4.78 is 13.0. The Morgan fingerprint density at radius 2 is 2.10 bits per heavy atom. The highest BCUT2D eigenvalue weighted by Crippen LogP contribution is 2.28. The molecule has 3 nitrogen and oxygen atoms in total. The predicted octanol–water partition coefficient (Wildman–Crippen LogP) is 2.58. The second-order valence-corrected chi connectivity index (χ2v) is 5.75. The summed E-state index contributed by atoms with van der Waals surface area (Å²) in [6.07, 6.45) is 1.03. The van der Waals surface area contributed by atoms with Crippen molar-refractivity contribution in [3.63, 3.8) is 0 Å². The van der Waals surface area contributed by atoms with Gasteiger partial charge in [-0.15, -0.1) is 12.4 Å². The molecular weight excluding hydrogens is 302 g/mol. The molecule has 2 atom stereocenters. The standard InChI is InChI=1S/C14H16ClFN2O.ClH/c15-13-5-11(16)1-2-12(13)14(19)18-4-3-9-6-17-7-10(9)8-18;/h1-2,5,9-10,17H,3-4,6-8H2;1H. The average molecular weight is 319 g/mol. The number of fused-ring (bicyclic) bond motifs is 1. The Morgan fingerprint density at radius 3 is 2.85 bits per heavy atom. The first-order valence-corrected chi connectivity index (χ1v) is 6.98. The number of hydrogen-bond acceptors (Lipinski definition) is 2. The fourth-order valence-corrected chi connectivity index (χ4v) is 3.30. The molecule has 2 unspecified atom stereocenters. The highest BCUT2D eigenvalue weighted by Gasteiger charge is 2.35. The van der Waals surface area contributed by atoms with Gasteiger partial charge in [0.25, 0.3) is 5.91 Å². The number of carbonyl (C=O) groups excluding carboxylic acids is 1. The largest absolute Gasteiger partial charge is 0.338 e. The number of piperidine rings is 1. The fourth-order valence-electron chi connectivity index (χ4n) is 3.05. The molecule has 0 bridgehead atoms. The Labute approximate surface area is 128 Å². The van der Waals surface area contributed by atoms with Crippen molar-refractivity contribution in [3.05, 3.63) is 34.6 Å². The van der Waals surface area contributed by atoms with Crippen LogP contribution < -0.4 is 5.32 Å². The summed E-state index contributed by atoms with van der Waals surface area (Å²) in [5, 5.41) is 3.56. The second kappa shape index (κ2) is 6.29. The topological polar surface area (TPSA) is 32.3 Å². The van der Waals surface area contributed by atoms with Crippen LogP contribution in [0.15, 0.2) is 18.2 Å². The van der Waals surface area contributed by atoms with Crippen molar-refractivity contribution >= 4 is 29.9 Å². The minimum Gasteiger partial charge on any atom is -0.338 e. The summed E-state index contributed by atoms with van der Waals surface area (Å²) in [4.78, 5) is 14.3. The highest BCUT2D eigenvalue weighted by molar-refractivity contribution is 6.33. The predicted molar refractivity (Wildman–Crippen MR) is 79.0 cm³/mol. The Kier molecular flexibility index (Phi) is 4.89. The van der Waals surface area contributed by atoms with E-state index in [0.29, 0.717) is 17.4 Å². The summed E-state index contributed by atoms with van der Waals surface area (Å²) >= 11 is 5.96. The third-order valence-corrected chi connectivity index (χ3v) is 4.47. The molecule has 1 aromatic rings. The maximum atomic E-state index is 13.0. The van der Waals surface area contributed by atoms with E-state index in [9.17, 15) is 9.18 Å². The molecule has 1 amide bonds. The van der Waals surface area contributed by atoms with E-state index in [2.05, 4.69) is 5.32 Å². The van der Waals surface area contributed by atoms with E-state index in [-0.39, 0.29) is 23.3 Å². The Hall–Kier alpha value is -0.840. The molecule has 0 saturated carbocycles. The SMILES string of the molecule is Cl.O=C(c1ccc(F)cc1Cl)N1CCC2CNCC2C1. The van der Waals surface area contributed by atoms with Crippen molar-refractivity contribution in [2.24, 2.45) is 11.8 Å². The normalized spacial score (nSPS) is 25.0. The van der Waals surface area contributed by atoms with E-state index in [1.807, 2.05) is 4.90 Å². The monoisotopic (exact) mass is 318 g/mol. The van der Waals surface area contributed by atoms with Crippen LogP contribution in [0.1, 0.15) is 16.8 Å². The van der Waals surface area contributed by atoms with Crippen LogP contribution in [0.5, 0.6) is 0 Å². The van der Waals surface area contributed by atoms with Gasteiger partial charge in [0.05, 0.1) is 10.6 Å². The smallest absolute Gasteiger partial charge is 0.255 e. The molecular formula is C14H17Cl2FN2O. The van der Waals surface area contributed by atoms with Crippen LogP contribution in [0, 0.1) is 17.7 Å². The summed E-state index contributed by atoms with van der Waals surface area (Å²) in [7, 11) is 0. The fraction of sp³-hybridized carbons (Fsp3) is 0.500. The van der Waals surface area contributed by atoms with Gasteiger partial charge in [-0.3, -0.25) is 4.79 Å². The van der Waals surface area contributed by atoms with E-state index >= 15 is 0 Å². The Morgan fingerprint density at radius 1 is 1.35 bits per heavy atom. The molecule has 2 heterocycles. The molecule has 2 saturated heterocycles. The molecule has 0 spiro atoms. The molecule has 1 aromatic carbocycles. The number of likely N-dealkylation sites (tertiary alicyclic amines) is 1. The van der Waals surface area contributed by atoms with Crippen molar-refractivity contribution in [1.29, 1.82) is 0 Å². The van der Waals surface area contributed by atoms with Crippen molar-refractivity contribution < 1.29 is 9.18 Å². The summed E-state index contributed by atoms with van der Waals surface area (Å²) in [5.74, 6) is 0.722. The summed E-state index contributed by atoms with van der Waals surface area (Å²) in [5.41, 5.74) is 0.396.